The Morgan fingerprint density at radius 3 is 2.71 bits per heavy atom. The number of piperazine rings is 1. The molecule has 6 heteroatoms. The molecule has 1 aromatic heterocycles. The van der Waals surface area contributed by atoms with Crippen LogP contribution in [0.4, 0.5) is 0 Å². The van der Waals surface area contributed by atoms with Crippen molar-refractivity contribution in [3.05, 3.63) is 16.4 Å². The molecule has 120 valence electrons. The second-order valence-electron chi connectivity index (χ2n) is 6.39. The Labute approximate surface area is 136 Å². The van der Waals surface area contributed by atoms with Gasteiger partial charge in [-0.1, -0.05) is 0 Å². The van der Waals surface area contributed by atoms with Crippen molar-refractivity contribution in [1.29, 1.82) is 0 Å². The molecule has 5 nitrogen and oxygen atoms in total. The summed E-state index contributed by atoms with van der Waals surface area (Å²) in [5.74, 6) is 0. The molecule has 0 aliphatic carbocycles. The van der Waals surface area contributed by atoms with E-state index in [0.717, 1.165) is 30.5 Å². The first kappa shape index (κ1) is 16.9. The predicted octanol–water partition coefficient (Wildman–Crippen LogP) is 2.12. The molecular weight excluding hydrogens is 330 g/mol. The van der Waals surface area contributed by atoms with Crippen molar-refractivity contribution in [1.82, 2.24) is 24.9 Å². The second kappa shape index (κ2) is 7.22. The third-order valence-electron chi connectivity index (χ3n) is 4.44. The molecule has 2 rings (SSSR count). The average molecular weight is 358 g/mol. The van der Waals surface area contributed by atoms with Gasteiger partial charge in [-0.15, -0.1) is 0 Å². The van der Waals surface area contributed by atoms with E-state index >= 15 is 0 Å². The molecule has 0 saturated carbocycles. The number of likely N-dealkylation sites (N-methyl/N-ethyl adjacent to an activating group) is 2. The first-order chi connectivity index (χ1) is 9.93. The molecule has 1 saturated heterocycles. The number of hydrogen-bond acceptors (Lipinski definition) is 4. The zero-order valence-electron chi connectivity index (χ0n) is 13.8. The number of nitrogens with one attached hydrogen (secondary N) is 1. The van der Waals surface area contributed by atoms with Gasteiger partial charge in [0, 0.05) is 31.7 Å². The lowest BCUT2D eigenvalue weighted by molar-refractivity contribution is 0.101. The lowest BCUT2D eigenvalue weighted by Crippen LogP contribution is -2.51. The van der Waals surface area contributed by atoms with E-state index in [-0.39, 0.29) is 0 Å². The third-order valence-corrected chi connectivity index (χ3v) is 5.05. The molecule has 1 aromatic rings. The van der Waals surface area contributed by atoms with Crippen molar-refractivity contribution in [2.75, 3.05) is 40.8 Å². The van der Waals surface area contributed by atoms with E-state index in [1.54, 1.807) is 0 Å². The molecule has 21 heavy (non-hydrogen) atoms. The van der Waals surface area contributed by atoms with Crippen LogP contribution in [0.15, 0.2) is 10.7 Å². The highest BCUT2D eigenvalue weighted by Gasteiger charge is 2.28. The maximum absolute atomic E-state index is 4.52. The van der Waals surface area contributed by atoms with Crippen LogP contribution >= 0.6 is 15.9 Å². The van der Waals surface area contributed by atoms with Crippen LogP contribution in [-0.4, -0.2) is 66.4 Å². The highest BCUT2D eigenvalue weighted by Crippen LogP contribution is 2.30. The van der Waals surface area contributed by atoms with Crippen LogP contribution in [0.1, 0.15) is 38.0 Å². The number of halogens is 1. The Bertz CT molecular complexity index is 459. The van der Waals surface area contributed by atoms with E-state index in [2.05, 4.69) is 68.8 Å². The van der Waals surface area contributed by atoms with Crippen molar-refractivity contribution in [2.45, 2.75) is 38.4 Å². The van der Waals surface area contributed by atoms with Crippen molar-refractivity contribution >= 4 is 15.9 Å². The van der Waals surface area contributed by atoms with Crippen LogP contribution in [0, 0.1) is 0 Å². The summed E-state index contributed by atoms with van der Waals surface area (Å²) >= 11 is 3.67. The van der Waals surface area contributed by atoms with Crippen LogP contribution in [0.2, 0.25) is 0 Å². The van der Waals surface area contributed by atoms with Crippen LogP contribution in [0.5, 0.6) is 0 Å². The molecule has 1 aliphatic rings. The molecule has 1 N–H and O–H groups in total. The predicted molar refractivity (Wildman–Crippen MR) is 90.6 cm³/mol. The standard InChI is InChI=1S/C15H28BrN5/c1-11(2)21-15(13(16)9-18-21)14(17-3)8-12-10-19(4)6-7-20(12)5/h9,11-12,14,17H,6-8,10H2,1-5H3. The van der Waals surface area contributed by atoms with Gasteiger partial charge in [0.05, 0.1) is 22.4 Å². The molecule has 0 amide bonds. The van der Waals surface area contributed by atoms with Crippen LogP contribution < -0.4 is 5.32 Å². The number of rotatable bonds is 5. The Morgan fingerprint density at radius 2 is 2.10 bits per heavy atom. The van der Waals surface area contributed by atoms with Gasteiger partial charge in [0.2, 0.25) is 0 Å². The summed E-state index contributed by atoms with van der Waals surface area (Å²) in [4.78, 5) is 4.90. The number of hydrogen-bond donors (Lipinski definition) is 1. The fraction of sp³-hybridized carbons (Fsp3) is 0.800. The molecular formula is C15H28BrN5. The summed E-state index contributed by atoms with van der Waals surface area (Å²) in [7, 11) is 6.49. The molecule has 0 aromatic carbocycles. The van der Waals surface area contributed by atoms with Gasteiger partial charge in [-0.05, 0) is 57.3 Å². The monoisotopic (exact) mass is 357 g/mol. The Morgan fingerprint density at radius 1 is 1.38 bits per heavy atom. The summed E-state index contributed by atoms with van der Waals surface area (Å²) in [5.41, 5.74) is 1.26. The van der Waals surface area contributed by atoms with E-state index in [1.807, 2.05) is 13.2 Å². The highest BCUT2D eigenvalue weighted by atomic mass is 79.9. The minimum absolute atomic E-state index is 0.309. The van der Waals surface area contributed by atoms with Crippen LogP contribution in [-0.2, 0) is 0 Å². The first-order valence-corrected chi connectivity index (χ1v) is 8.52. The zero-order valence-corrected chi connectivity index (χ0v) is 15.4. The number of aromatic nitrogens is 2. The fourth-order valence-electron chi connectivity index (χ4n) is 3.08. The van der Waals surface area contributed by atoms with E-state index in [4.69, 9.17) is 0 Å². The Hall–Kier alpha value is -0.430. The van der Waals surface area contributed by atoms with E-state index in [0.29, 0.717) is 18.1 Å². The minimum Gasteiger partial charge on any atom is -0.312 e. The Kier molecular flexibility index (Phi) is 5.82. The zero-order chi connectivity index (χ0) is 15.6. The molecule has 2 heterocycles. The summed E-state index contributed by atoms with van der Waals surface area (Å²) in [6.45, 7) is 7.78. The van der Waals surface area contributed by atoms with Gasteiger partial charge >= 0.3 is 0 Å². The van der Waals surface area contributed by atoms with Crippen LogP contribution in [0.3, 0.4) is 0 Å². The first-order valence-electron chi connectivity index (χ1n) is 7.73. The molecule has 0 bridgehead atoms. The molecule has 2 unspecified atom stereocenters. The molecule has 2 atom stereocenters. The third kappa shape index (κ3) is 3.86. The Balaban J connectivity index is 2.18. The van der Waals surface area contributed by atoms with Gasteiger partial charge < -0.3 is 15.1 Å². The van der Waals surface area contributed by atoms with Crippen molar-refractivity contribution < 1.29 is 0 Å². The molecule has 0 spiro atoms. The normalized spacial score (nSPS) is 22.9. The van der Waals surface area contributed by atoms with E-state index in [1.165, 1.54) is 5.69 Å². The summed E-state index contributed by atoms with van der Waals surface area (Å²) in [6.07, 6.45) is 3.00. The summed E-state index contributed by atoms with van der Waals surface area (Å²) < 4.78 is 3.22. The van der Waals surface area contributed by atoms with Crippen molar-refractivity contribution in [2.24, 2.45) is 0 Å². The molecule has 0 radical (unpaired) electrons. The quantitative estimate of drug-likeness (QED) is 0.875. The molecule has 1 aliphatic heterocycles. The molecule has 1 fully saturated rings. The lowest BCUT2D eigenvalue weighted by atomic mass is 10.0. The minimum atomic E-state index is 0.309. The van der Waals surface area contributed by atoms with Gasteiger partial charge in [0.1, 0.15) is 0 Å². The smallest absolute Gasteiger partial charge is 0.0699 e. The maximum Gasteiger partial charge on any atom is 0.0699 e. The van der Waals surface area contributed by atoms with Gasteiger partial charge in [-0.3, -0.25) is 4.68 Å². The average Bonchev–Trinajstić information content (AvgIpc) is 2.82. The summed E-state index contributed by atoms with van der Waals surface area (Å²) in [6, 6.07) is 1.25. The maximum atomic E-state index is 4.52. The van der Waals surface area contributed by atoms with Gasteiger partial charge in [0.15, 0.2) is 0 Å². The second-order valence-corrected chi connectivity index (χ2v) is 7.24. The van der Waals surface area contributed by atoms with Gasteiger partial charge in [-0.25, -0.2) is 0 Å². The van der Waals surface area contributed by atoms with Gasteiger partial charge in [0.25, 0.3) is 0 Å². The van der Waals surface area contributed by atoms with E-state index < -0.39 is 0 Å². The number of nitrogens with zero attached hydrogens (tertiary/aromatic N) is 4. The van der Waals surface area contributed by atoms with Crippen molar-refractivity contribution in [3.63, 3.8) is 0 Å². The fourth-order valence-corrected chi connectivity index (χ4v) is 3.63. The van der Waals surface area contributed by atoms with Gasteiger partial charge in [-0.2, -0.15) is 5.10 Å². The topological polar surface area (TPSA) is 36.3 Å². The van der Waals surface area contributed by atoms with E-state index in [9.17, 15) is 0 Å². The van der Waals surface area contributed by atoms with Crippen LogP contribution in [0.25, 0.3) is 0 Å². The van der Waals surface area contributed by atoms with Crippen molar-refractivity contribution in [3.8, 4) is 0 Å². The SMILES string of the molecule is CNC(CC1CN(C)CCN1C)c1c(Br)cnn1C(C)C. The lowest BCUT2D eigenvalue weighted by Gasteiger charge is -2.39. The summed E-state index contributed by atoms with van der Waals surface area (Å²) in [5, 5.41) is 8.00. The highest BCUT2D eigenvalue weighted by molar-refractivity contribution is 9.10. The largest absolute Gasteiger partial charge is 0.312 e.